The number of benzene rings is 2. The second kappa shape index (κ2) is 7.57. The van der Waals surface area contributed by atoms with Crippen molar-refractivity contribution in [1.29, 1.82) is 0 Å². The predicted molar refractivity (Wildman–Crippen MR) is 92.7 cm³/mol. The highest BCUT2D eigenvalue weighted by molar-refractivity contribution is 5.97. The van der Waals surface area contributed by atoms with Gasteiger partial charge in [-0.05, 0) is 38.0 Å². The zero-order valence-corrected chi connectivity index (χ0v) is 14.2. The van der Waals surface area contributed by atoms with E-state index in [1.807, 2.05) is 19.1 Å². The van der Waals surface area contributed by atoms with Crippen molar-refractivity contribution in [3.8, 4) is 0 Å². The summed E-state index contributed by atoms with van der Waals surface area (Å²) in [7, 11) is 0. The number of nitrogens with one attached hydrogen (secondary N) is 1. The number of hydrogen-bond donors (Lipinski definition) is 1. The minimum atomic E-state index is -0.579. The highest BCUT2D eigenvalue weighted by atomic mass is 16.6. The fourth-order valence-electron chi connectivity index (χ4n) is 2.60. The Morgan fingerprint density at radius 1 is 1.12 bits per heavy atom. The minimum Gasteiger partial charge on any atom is -0.452 e. The van der Waals surface area contributed by atoms with Crippen molar-refractivity contribution in [2.24, 2.45) is 0 Å². The van der Waals surface area contributed by atoms with Crippen LogP contribution in [0.3, 0.4) is 0 Å². The quantitative estimate of drug-likeness (QED) is 0.510. The number of nitro groups is 1. The van der Waals surface area contributed by atoms with Gasteiger partial charge >= 0.3 is 5.97 Å². The maximum atomic E-state index is 12.2. The van der Waals surface area contributed by atoms with Crippen molar-refractivity contribution in [2.45, 2.75) is 20.8 Å². The highest BCUT2D eigenvalue weighted by Crippen LogP contribution is 2.18. The summed E-state index contributed by atoms with van der Waals surface area (Å²) < 4.78 is 5.06. The Balaban J connectivity index is 1.99. The number of anilines is 1. The molecule has 0 unspecified atom stereocenters. The molecule has 2 aromatic carbocycles. The maximum absolute atomic E-state index is 12.2. The van der Waals surface area contributed by atoms with Crippen LogP contribution in [-0.4, -0.2) is 23.4 Å². The summed E-state index contributed by atoms with van der Waals surface area (Å²) in [5, 5.41) is 13.2. The van der Waals surface area contributed by atoms with Crippen LogP contribution in [0.4, 0.5) is 11.4 Å². The molecule has 0 bridgehead atoms. The van der Waals surface area contributed by atoms with Gasteiger partial charge in [0.25, 0.3) is 11.6 Å². The van der Waals surface area contributed by atoms with E-state index in [0.29, 0.717) is 5.56 Å². The largest absolute Gasteiger partial charge is 0.452 e. The van der Waals surface area contributed by atoms with Gasteiger partial charge in [0.15, 0.2) is 6.61 Å². The number of non-ortho nitro benzene ring substituents is 1. The van der Waals surface area contributed by atoms with Crippen molar-refractivity contribution < 1.29 is 19.2 Å². The molecule has 1 amide bonds. The van der Waals surface area contributed by atoms with Crippen molar-refractivity contribution in [3.05, 3.63) is 68.8 Å². The summed E-state index contributed by atoms with van der Waals surface area (Å²) >= 11 is 0. The standard InChI is InChI=1S/C18H18N2O5/c1-11-7-12(2)17(13(3)8-11)18(22)25-10-16(21)19-14-5-4-6-15(9-14)20(23)24/h4-9H,10H2,1-3H3,(H,19,21). The van der Waals surface area contributed by atoms with Gasteiger partial charge in [-0.25, -0.2) is 4.79 Å². The van der Waals surface area contributed by atoms with Gasteiger partial charge in [0.1, 0.15) is 0 Å². The monoisotopic (exact) mass is 342 g/mol. The first-order chi connectivity index (χ1) is 11.8. The zero-order chi connectivity index (χ0) is 18.6. The van der Waals surface area contributed by atoms with Gasteiger partial charge in [-0.3, -0.25) is 14.9 Å². The molecule has 0 radical (unpaired) electrons. The minimum absolute atomic E-state index is 0.138. The molecule has 0 aliphatic heterocycles. The van der Waals surface area contributed by atoms with Crippen LogP contribution in [-0.2, 0) is 9.53 Å². The number of carbonyl (C=O) groups excluding carboxylic acids is 2. The van der Waals surface area contributed by atoms with E-state index in [0.717, 1.165) is 16.7 Å². The molecule has 0 atom stereocenters. The van der Waals surface area contributed by atoms with E-state index < -0.39 is 23.4 Å². The molecular weight excluding hydrogens is 324 g/mol. The molecule has 2 rings (SSSR count). The van der Waals surface area contributed by atoms with Gasteiger partial charge in [0.2, 0.25) is 0 Å². The molecule has 0 aliphatic carbocycles. The Bertz CT molecular complexity index is 822. The molecule has 0 aromatic heterocycles. The fourth-order valence-corrected chi connectivity index (χ4v) is 2.60. The van der Waals surface area contributed by atoms with Gasteiger partial charge in [0, 0.05) is 17.8 Å². The lowest BCUT2D eigenvalue weighted by Gasteiger charge is -2.11. The second-order valence-corrected chi connectivity index (χ2v) is 5.71. The van der Waals surface area contributed by atoms with E-state index in [1.54, 1.807) is 13.8 Å². The molecule has 0 heterocycles. The molecule has 7 nitrogen and oxygen atoms in total. The first-order valence-electron chi connectivity index (χ1n) is 7.57. The summed E-state index contributed by atoms with van der Waals surface area (Å²) in [6.07, 6.45) is 0. The smallest absolute Gasteiger partial charge is 0.339 e. The fraction of sp³-hybridized carbons (Fsp3) is 0.222. The number of carbonyl (C=O) groups is 2. The second-order valence-electron chi connectivity index (χ2n) is 5.71. The van der Waals surface area contributed by atoms with Gasteiger partial charge in [0.05, 0.1) is 10.5 Å². The summed E-state index contributed by atoms with van der Waals surface area (Å²) in [4.78, 5) is 34.3. The first-order valence-corrected chi connectivity index (χ1v) is 7.57. The summed E-state index contributed by atoms with van der Waals surface area (Å²) in [6, 6.07) is 9.26. The highest BCUT2D eigenvalue weighted by Gasteiger charge is 2.16. The van der Waals surface area contributed by atoms with Gasteiger partial charge in [-0.15, -0.1) is 0 Å². The van der Waals surface area contributed by atoms with E-state index in [-0.39, 0.29) is 11.4 Å². The number of rotatable bonds is 5. The molecule has 130 valence electrons. The summed E-state index contributed by atoms with van der Waals surface area (Å²) in [5.74, 6) is -1.15. The lowest BCUT2D eigenvalue weighted by atomic mass is 10.00. The lowest BCUT2D eigenvalue weighted by molar-refractivity contribution is -0.384. The average Bonchev–Trinajstić information content (AvgIpc) is 2.52. The normalized spacial score (nSPS) is 10.2. The Kier molecular flexibility index (Phi) is 5.49. The molecule has 2 aromatic rings. The average molecular weight is 342 g/mol. The molecule has 0 fully saturated rings. The number of amides is 1. The Morgan fingerprint density at radius 2 is 1.76 bits per heavy atom. The molecule has 0 saturated heterocycles. The summed E-state index contributed by atoms with van der Waals surface area (Å²) in [5.41, 5.74) is 3.16. The first kappa shape index (κ1) is 18.1. The topological polar surface area (TPSA) is 98.5 Å². The van der Waals surface area contributed by atoms with E-state index in [9.17, 15) is 19.7 Å². The van der Waals surface area contributed by atoms with Crippen molar-refractivity contribution >= 4 is 23.3 Å². The number of esters is 1. The van der Waals surface area contributed by atoms with Crippen LogP contribution in [0.5, 0.6) is 0 Å². The van der Waals surface area contributed by atoms with Crippen LogP contribution < -0.4 is 5.32 Å². The van der Waals surface area contributed by atoms with Crippen LogP contribution in [0.1, 0.15) is 27.0 Å². The van der Waals surface area contributed by atoms with Gasteiger partial charge < -0.3 is 10.1 Å². The zero-order valence-electron chi connectivity index (χ0n) is 14.2. The number of nitro benzene ring substituents is 1. The molecule has 0 aliphatic rings. The van der Waals surface area contributed by atoms with Gasteiger partial charge in [-0.1, -0.05) is 23.8 Å². The van der Waals surface area contributed by atoms with Crippen LogP contribution in [0.2, 0.25) is 0 Å². The number of hydrogen-bond acceptors (Lipinski definition) is 5. The lowest BCUT2D eigenvalue weighted by Crippen LogP contribution is -2.21. The molecule has 25 heavy (non-hydrogen) atoms. The van der Waals surface area contributed by atoms with E-state index in [4.69, 9.17) is 4.74 Å². The van der Waals surface area contributed by atoms with Crippen LogP contribution >= 0.6 is 0 Å². The van der Waals surface area contributed by atoms with Crippen molar-refractivity contribution in [2.75, 3.05) is 11.9 Å². The SMILES string of the molecule is Cc1cc(C)c(C(=O)OCC(=O)Nc2cccc([N+](=O)[O-])c2)c(C)c1. The Hall–Kier alpha value is -3.22. The number of nitrogens with zero attached hydrogens (tertiary/aromatic N) is 1. The van der Waals surface area contributed by atoms with Crippen LogP contribution in [0, 0.1) is 30.9 Å². The number of ether oxygens (including phenoxy) is 1. The van der Waals surface area contributed by atoms with Crippen LogP contribution in [0.25, 0.3) is 0 Å². The van der Waals surface area contributed by atoms with E-state index >= 15 is 0 Å². The summed E-state index contributed by atoms with van der Waals surface area (Å²) in [6.45, 7) is 5.06. The Labute approximate surface area is 144 Å². The third-order valence-corrected chi connectivity index (χ3v) is 3.56. The predicted octanol–water partition coefficient (Wildman–Crippen LogP) is 3.32. The van der Waals surface area contributed by atoms with Crippen molar-refractivity contribution in [1.82, 2.24) is 0 Å². The van der Waals surface area contributed by atoms with Crippen LogP contribution in [0.15, 0.2) is 36.4 Å². The van der Waals surface area contributed by atoms with Gasteiger partial charge in [-0.2, -0.15) is 0 Å². The molecule has 1 N–H and O–H groups in total. The third kappa shape index (κ3) is 4.63. The molecule has 0 saturated carbocycles. The Morgan fingerprint density at radius 3 is 2.36 bits per heavy atom. The maximum Gasteiger partial charge on any atom is 0.339 e. The van der Waals surface area contributed by atoms with E-state index in [2.05, 4.69) is 5.32 Å². The third-order valence-electron chi connectivity index (χ3n) is 3.56. The number of aryl methyl sites for hydroxylation is 3. The molecular formula is C18H18N2O5. The van der Waals surface area contributed by atoms with E-state index in [1.165, 1.54) is 24.3 Å². The molecule has 0 spiro atoms. The van der Waals surface area contributed by atoms with Crippen molar-refractivity contribution in [3.63, 3.8) is 0 Å². The molecule has 7 heteroatoms.